The second-order valence-electron chi connectivity index (χ2n) is 6.44. The molecule has 0 fully saturated rings. The van der Waals surface area contributed by atoms with Crippen LogP contribution >= 0.6 is 0 Å². The smallest absolute Gasteiger partial charge is 0.369 e. The molecule has 0 saturated carbocycles. The van der Waals surface area contributed by atoms with Crippen LogP contribution in [0.15, 0.2) is 72.8 Å². The third kappa shape index (κ3) is 3.82. The molecule has 1 heterocycles. The summed E-state index contributed by atoms with van der Waals surface area (Å²) in [5.74, 6) is 3.51. The predicted molar refractivity (Wildman–Crippen MR) is 106 cm³/mol. The number of ether oxygens (including phenoxy) is 1. The largest absolute Gasteiger partial charge is 1.00 e. The van der Waals surface area contributed by atoms with E-state index in [9.17, 15) is 0 Å². The highest BCUT2D eigenvalue weighted by atomic mass is 79.9. The summed E-state index contributed by atoms with van der Waals surface area (Å²) in [4.78, 5) is 0. The summed E-state index contributed by atoms with van der Waals surface area (Å²) in [5, 5.41) is 3.67. The van der Waals surface area contributed by atoms with Gasteiger partial charge in [0.15, 0.2) is 0 Å². The van der Waals surface area contributed by atoms with E-state index in [2.05, 4.69) is 67.4 Å². The van der Waals surface area contributed by atoms with E-state index in [0.29, 0.717) is 13.2 Å². The zero-order chi connectivity index (χ0) is 17.9. The van der Waals surface area contributed by atoms with Crippen molar-refractivity contribution in [1.29, 1.82) is 0 Å². The normalized spacial score (nSPS) is 10.4. The summed E-state index contributed by atoms with van der Waals surface area (Å²) in [6.07, 6.45) is 5.58. The molecular formula is C24H20BrNO. The minimum atomic E-state index is 0. The Kier molecular flexibility index (Phi) is 5.78. The molecule has 3 aromatic carbocycles. The molecule has 0 atom stereocenters. The van der Waals surface area contributed by atoms with Gasteiger partial charge in [0.05, 0.1) is 6.07 Å². The van der Waals surface area contributed by atoms with Gasteiger partial charge in [-0.05, 0) is 52.9 Å². The minimum Gasteiger partial charge on any atom is -1.00 e. The van der Waals surface area contributed by atoms with Crippen molar-refractivity contribution in [3.8, 4) is 18.2 Å². The van der Waals surface area contributed by atoms with Gasteiger partial charge in [0.25, 0.3) is 0 Å². The molecular weight excluding hydrogens is 398 g/mol. The number of terminal acetylenes is 1. The van der Waals surface area contributed by atoms with Crippen LogP contribution in [-0.2, 0) is 13.2 Å². The lowest BCUT2D eigenvalue weighted by Crippen LogP contribution is -3.00. The van der Waals surface area contributed by atoms with Gasteiger partial charge in [-0.25, -0.2) is 0 Å². The molecule has 3 heteroatoms. The molecule has 4 rings (SSSR count). The van der Waals surface area contributed by atoms with Crippen molar-refractivity contribution in [3.63, 3.8) is 0 Å². The molecule has 2 nitrogen and oxygen atoms in total. The molecule has 0 aliphatic heterocycles. The van der Waals surface area contributed by atoms with E-state index in [1.807, 2.05) is 22.8 Å². The molecule has 0 unspecified atom stereocenters. The van der Waals surface area contributed by atoms with Crippen LogP contribution in [0.2, 0.25) is 0 Å². The lowest BCUT2D eigenvalue weighted by Gasteiger charge is -2.09. The fourth-order valence-electron chi connectivity index (χ4n) is 3.37. The third-order valence-corrected chi connectivity index (χ3v) is 4.70. The number of aryl methyl sites for hydroxylation is 1. The molecule has 0 saturated heterocycles. The number of hydrogen-bond donors (Lipinski definition) is 0. The molecule has 0 bridgehead atoms. The maximum absolute atomic E-state index is 6.13. The molecule has 0 aliphatic rings. The van der Waals surface area contributed by atoms with Crippen LogP contribution in [-0.4, -0.2) is 0 Å². The standard InChI is InChI=1S/C24H20NO.BrH/c1-3-15-25-23-10-5-4-8-20(23)12-14-24(25)26-17-19-11-13-22-18(2)7-6-9-21(22)16-19;/h1,4-14,16H,15,17H2,2H3;1H/q+1;/p-1. The average molecular weight is 418 g/mol. The fourth-order valence-corrected chi connectivity index (χ4v) is 3.37. The van der Waals surface area contributed by atoms with Gasteiger partial charge in [-0.3, -0.25) is 0 Å². The van der Waals surface area contributed by atoms with Crippen molar-refractivity contribution >= 4 is 21.7 Å². The van der Waals surface area contributed by atoms with E-state index in [-0.39, 0.29) is 17.0 Å². The lowest BCUT2D eigenvalue weighted by atomic mass is 10.0. The topological polar surface area (TPSA) is 13.1 Å². The van der Waals surface area contributed by atoms with Crippen molar-refractivity contribution < 1.29 is 26.3 Å². The predicted octanol–water partition coefficient (Wildman–Crippen LogP) is 1.81. The molecule has 0 spiro atoms. The van der Waals surface area contributed by atoms with Crippen molar-refractivity contribution in [2.75, 3.05) is 0 Å². The number of pyridine rings is 1. The molecule has 0 N–H and O–H groups in total. The van der Waals surface area contributed by atoms with E-state index < -0.39 is 0 Å². The number of fused-ring (bicyclic) bond motifs is 2. The summed E-state index contributed by atoms with van der Waals surface area (Å²) in [7, 11) is 0. The number of benzene rings is 3. The second kappa shape index (κ2) is 8.24. The summed E-state index contributed by atoms with van der Waals surface area (Å²) < 4.78 is 8.17. The number of para-hydroxylation sites is 1. The molecule has 1 aromatic heterocycles. The number of rotatable bonds is 4. The van der Waals surface area contributed by atoms with Gasteiger partial charge in [-0.15, -0.1) is 11.0 Å². The summed E-state index contributed by atoms with van der Waals surface area (Å²) in [6, 6.07) is 25.1. The molecule has 134 valence electrons. The van der Waals surface area contributed by atoms with E-state index >= 15 is 0 Å². The van der Waals surface area contributed by atoms with Gasteiger partial charge in [0, 0.05) is 11.5 Å². The SMILES string of the molecule is C#CC[n+]1c(OCc2ccc3c(C)cccc3c2)ccc2ccccc21.[Br-]. The Hall–Kier alpha value is -2.83. The maximum atomic E-state index is 6.13. The van der Waals surface area contributed by atoms with E-state index in [1.165, 1.54) is 16.3 Å². The Morgan fingerprint density at radius 3 is 2.59 bits per heavy atom. The minimum absolute atomic E-state index is 0. The Balaban J connectivity index is 0.00000210. The van der Waals surface area contributed by atoms with E-state index in [0.717, 1.165) is 22.3 Å². The van der Waals surface area contributed by atoms with E-state index in [4.69, 9.17) is 11.2 Å². The van der Waals surface area contributed by atoms with Gasteiger partial charge < -0.3 is 21.7 Å². The van der Waals surface area contributed by atoms with Crippen LogP contribution in [0, 0.1) is 19.3 Å². The first-order valence-electron chi connectivity index (χ1n) is 8.72. The Morgan fingerprint density at radius 2 is 1.74 bits per heavy atom. The quantitative estimate of drug-likeness (QED) is 0.364. The van der Waals surface area contributed by atoms with Crippen molar-refractivity contribution in [1.82, 2.24) is 0 Å². The first-order valence-corrected chi connectivity index (χ1v) is 8.72. The third-order valence-electron chi connectivity index (χ3n) is 4.70. The van der Waals surface area contributed by atoms with Gasteiger partial charge in [-0.2, -0.15) is 0 Å². The molecule has 0 radical (unpaired) electrons. The monoisotopic (exact) mass is 417 g/mol. The van der Waals surface area contributed by atoms with E-state index in [1.54, 1.807) is 0 Å². The lowest BCUT2D eigenvalue weighted by molar-refractivity contribution is -0.664. The van der Waals surface area contributed by atoms with Crippen LogP contribution in [0.3, 0.4) is 0 Å². The van der Waals surface area contributed by atoms with Crippen LogP contribution in [0.1, 0.15) is 11.1 Å². The first kappa shape index (κ1) is 18.9. The second-order valence-corrected chi connectivity index (χ2v) is 6.44. The Morgan fingerprint density at radius 1 is 0.926 bits per heavy atom. The molecule has 0 amide bonds. The number of aromatic nitrogens is 1. The van der Waals surface area contributed by atoms with Crippen LogP contribution in [0.5, 0.6) is 5.88 Å². The maximum Gasteiger partial charge on any atom is 0.369 e. The van der Waals surface area contributed by atoms with Crippen molar-refractivity contribution in [3.05, 3.63) is 83.9 Å². The number of halogens is 1. The number of nitrogens with zero attached hydrogens (tertiary/aromatic N) is 1. The molecule has 4 aromatic rings. The van der Waals surface area contributed by atoms with Crippen LogP contribution in [0.4, 0.5) is 0 Å². The Labute approximate surface area is 170 Å². The average Bonchev–Trinajstić information content (AvgIpc) is 2.67. The molecule has 27 heavy (non-hydrogen) atoms. The first-order chi connectivity index (χ1) is 12.8. The zero-order valence-corrected chi connectivity index (χ0v) is 16.7. The van der Waals surface area contributed by atoms with Gasteiger partial charge >= 0.3 is 5.88 Å². The molecule has 0 aliphatic carbocycles. The number of hydrogen-bond acceptors (Lipinski definition) is 1. The Bertz CT molecular complexity index is 1140. The summed E-state index contributed by atoms with van der Waals surface area (Å²) in [6.45, 7) is 3.12. The van der Waals surface area contributed by atoms with Crippen molar-refractivity contribution in [2.24, 2.45) is 0 Å². The van der Waals surface area contributed by atoms with Crippen molar-refractivity contribution in [2.45, 2.75) is 20.1 Å². The summed E-state index contributed by atoms with van der Waals surface area (Å²) >= 11 is 0. The highest BCUT2D eigenvalue weighted by molar-refractivity contribution is 5.86. The van der Waals surface area contributed by atoms with Crippen LogP contribution < -0.4 is 26.3 Å². The van der Waals surface area contributed by atoms with Gasteiger partial charge in [0.2, 0.25) is 12.1 Å². The van der Waals surface area contributed by atoms with Gasteiger partial charge in [0.1, 0.15) is 6.61 Å². The highest BCUT2D eigenvalue weighted by Gasteiger charge is 2.16. The van der Waals surface area contributed by atoms with Gasteiger partial charge in [-0.1, -0.05) is 42.5 Å². The highest BCUT2D eigenvalue weighted by Crippen LogP contribution is 2.21. The summed E-state index contributed by atoms with van der Waals surface area (Å²) in [5.41, 5.74) is 3.51. The zero-order valence-electron chi connectivity index (χ0n) is 15.2. The fraction of sp³-hybridized carbons (Fsp3) is 0.125. The van der Waals surface area contributed by atoms with Crippen LogP contribution in [0.25, 0.3) is 21.7 Å².